The zero-order valence-corrected chi connectivity index (χ0v) is 25.3. The van der Waals surface area contributed by atoms with Gasteiger partial charge < -0.3 is 29.2 Å². The first kappa shape index (κ1) is 29.5. The van der Waals surface area contributed by atoms with Gasteiger partial charge in [-0.05, 0) is 70.4 Å². The second-order valence-corrected chi connectivity index (χ2v) is 14.2. The van der Waals surface area contributed by atoms with Crippen LogP contribution in [0, 0.1) is 34.5 Å². The van der Waals surface area contributed by atoms with E-state index in [4.69, 9.17) is 18.9 Å². The van der Waals surface area contributed by atoms with Crippen LogP contribution >= 0.6 is 0 Å². The van der Waals surface area contributed by atoms with Gasteiger partial charge in [0.2, 0.25) is 0 Å². The van der Waals surface area contributed by atoms with Crippen LogP contribution in [0.2, 0.25) is 0 Å². The highest BCUT2D eigenvalue weighted by Gasteiger charge is 2.84. The number of ketones is 1. The van der Waals surface area contributed by atoms with E-state index >= 15 is 0 Å². The summed E-state index contributed by atoms with van der Waals surface area (Å²) in [6.45, 7) is 11.8. The van der Waals surface area contributed by atoms with Crippen molar-refractivity contribution in [3.63, 3.8) is 0 Å². The van der Waals surface area contributed by atoms with Gasteiger partial charge in [0.25, 0.3) is 0 Å². The van der Waals surface area contributed by atoms with Crippen LogP contribution in [-0.4, -0.2) is 75.6 Å². The summed E-state index contributed by atoms with van der Waals surface area (Å²) in [4.78, 5) is 51.3. The van der Waals surface area contributed by atoms with Gasteiger partial charge >= 0.3 is 17.9 Å². The molecule has 3 saturated carbocycles. The quantitative estimate of drug-likeness (QED) is 0.286. The molecule has 1 spiro atoms. The molecule has 2 N–H and O–H groups in total. The molecule has 0 aromatic heterocycles. The van der Waals surface area contributed by atoms with Crippen LogP contribution in [0.3, 0.4) is 0 Å². The third-order valence-electron chi connectivity index (χ3n) is 12.3. The Balaban J connectivity index is 1.46. The lowest BCUT2D eigenvalue weighted by Gasteiger charge is -2.60. The fourth-order valence-corrected chi connectivity index (χ4v) is 10.1. The summed E-state index contributed by atoms with van der Waals surface area (Å²) < 4.78 is 24.0. The van der Waals surface area contributed by atoms with E-state index in [0.717, 1.165) is 5.57 Å². The number of aliphatic hydroxyl groups is 2. The Morgan fingerprint density at radius 1 is 1.12 bits per heavy atom. The number of rotatable bonds is 4. The van der Waals surface area contributed by atoms with E-state index < -0.39 is 88.2 Å². The Morgan fingerprint density at radius 3 is 2.40 bits per heavy atom. The first-order valence-corrected chi connectivity index (χ1v) is 15.0. The molecule has 0 radical (unpaired) electrons. The van der Waals surface area contributed by atoms with Crippen molar-refractivity contribution in [3.8, 4) is 0 Å². The van der Waals surface area contributed by atoms with Crippen molar-refractivity contribution in [2.45, 2.75) is 116 Å². The van der Waals surface area contributed by atoms with Gasteiger partial charge in [0, 0.05) is 43.6 Å². The largest absolute Gasteiger partial charge is 0.462 e. The molecule has 42 heavy (non-hydrogen) atoms. The van der Waals surface area contributed by atoms with E-state index in [1.807, 2.05) is 13.8 Å². The molecule has 0 aromatic rings. The molecule has 13 atom stereocenters. The summed E-state index contributed by atoms with van der Waals surface area (Å²) >= 11 is 0. The van der Waals surface area contributed by atoms with Gasteiger partial charge in [0.1, 0.15) is 41.7 Å². The smallest absolute Gasteiger partial charge is 0.334 e. The summed E-state index contributed by atoms with van der Waals surface area (Å²) in [6.07, 6.45) is 0.690. The van der Waals surface area contributed by atoms with Crippen LogP contribution in [0.4, 0.5) is 0 Å². The molecule has 0 amide bonds. The third kappa shape index (κ3) is 3.67. The number of allylic oxidation sites excluding steroid dienone is 1. The van der Waals surface area contributed by atoms with Gasteiger partial charge in [-0.25, -0.2) is 4.79 Å². The number of hydrogen-bond acceptors (Lipinski definition) is 10. The number of fused-ring (bicyclic) bond motifs is 4. The average molecular weight is 587 g/mol. The Kier molecular flexibility index (Phi) is 6.48. The highest BCUT2D eigenvalue weighted by molar-refractivity contribution is 5.98. The SMILES string of the molecule is CC(=O)OC1C[C@H]([C@@](C)(O)[C@H]2CC(C)=C(C)C(=O)O2)[C@@]2(C)CC[C@H]3[C@@H](C(OC(C)=O)[C@@H]4O[C@@]45C(O)C=CC(=O)[C@]35C)[C@H]12. The number of hydrogen-bond donors (Lipinski definition) is 2. The summed E-state index contributed by atoms with van der Waals surface area (Å²) in [7, 11) is 0. The van der Waals surface area contributed by atoms with Crippen molar-refractivity contribution in [2.75, 3.05) is 0 Å². The Morgan fingerprint density at radius 2 is 1.79 bits per heavy atom. The molecule has 10 heteroatoms. The molecular formula is C32H42O10. The average Bonchev–Trinajstić information content (AvgIpc) is 3.59. The summed E-state index contributed by atoms with van der Waals surface area (Å²) in [5.74, 6) is -3.25. The van der Waals surface area contributed by atoms with Crippen LogP contribution in [0.25, 0.3) is 0 Å². The maximum absolute atomic E-state index is 13.7. The molecule has 6 rings (SSSR count). The molecule has 0 bridgehead atoms. The molecule has 0 aromatic carbocycles. The normalized spacial score (nSPS) is 48.6. The summed E-state index contributed by atoms with van der Waals surface area (Å²) in [5, 5.41) is 23.4. The number of carbonyl (C=O) groups excluding carboxylic acids is 4. The fourth-order valence-electron chi connectivity index (χ4n) is 10.1. The molecular weight excluding hydrogens is 544 g/mol. The first-order chi connectivity index (χ1) is 19.5. The van der Waals surface area contributed by atoms with Gasteiger partial charge in [-0.2, -0.15) is 0 Å². The second-order valence-electron chi connectivity index (χ2n) is 14.2. The Labute approximate surface area is 245 Å². The third-order valence-corrected chi connectivity index (χ3v) is 12.3. The van der Waals surface area contributed by atoms with Gasteiger partial charge in [-0.3, -0.25) is 14.4 Å². The van der Waals surface area contributed by atoms with Crippen molar-refractivity contribution in [2.24, 2.45) is 34.5 Å². The molecule has 4 aliphatic carbocycles. The van der Waals surface area contributed by atoms with Gasteiger partial charge in [-0.1, -0.05) is 12.5 Å². The van der Waals surface area contributed by atoms with Gasteiger partial charge in [-0.15, -0.1) is 0 Å². The minimum atomic E-state index is -1.47. The number of cyclic esters (lactones) is 1. The maximum Gasteiger partial charge on any atom is 0.334 e. The van der Waals surface area contributed by atoms with Gasteiger partial charge in [0.05, 0.1) is 5.41 Å². The van der Waals surface area contributed by atoms with Crippen LogP contribution in [-0.2, 0) is 38.1 Å². The minimum absolute atomic E-state index is 0.146. The second kappa shape index (κ2) is 9.22. The monoisotopic (exact) mass is 586 g/mol. The van der Waals surface area contributed by atoms with Gasteiger partial charge in [0.15, 0.2) is 5.78 Å². The van der Waals surface area contributed by atoms with E-state index in [1.165, 1.54) is 26.0 Å². The highest BCUT2D eigenvalue weighted by Crippen LogP contribution is 2.74. The molecule has 4 fully saturated rings. The van der Waals surface area contributed by atoms with Crippen molar-refractivity contribution in [3.05, 3.63) is 23.3 Å². The Bertz CT molecular complexity index is 1310. The van der Waals surface area contributed by atoms with Crippen molar-refractivity contribution in [1.82, 2.24) is 0 Å². The standard InChI is InChI=1S/C32H42O10/c1-14-12-23(41-28(37)15(14)2)31(7,38)20-13-19(39-16(3)33)25-24-18(10-11-29(20,25)5)30(6)21(35)8-9-22(36)32(30)27(42-32)26(24)40-17(4)34/h8-9,18-20,22-27,36,38H,10-13H2,1-7H3/t18-,19?,20-,22?,23+,24+,25-,26?,27-,29+,30-,31+,32-/m0/s1. The molecule has 2 aliphatic heterocycles. The lowest BCUT2D eigenvalue weighted by molar-refractivity contribution is -0.201. The van der Waals surface area contributed by atoms with Crippen LogP contribution in [0.15, 0.2) is 23.3 Å². The zero-order chi connectivity index (χ0) is 30.7. The van der Waals surface area contributed by atoms with E-state index in [1.54, 1.807) is 13.8 Å². The number of aliphatic hydroxyl groups excluding tert-OH is 1. The van der Waals surface area contributed by atoms with Crippen molar-refractivity contribution in [1.29, 1.82) is 0 Å². The predicted octanol–water partition coefficient (Wildman–Crippen LogP) is 2.58. The van der Waals surface area contributed by atoms with Crippen LogP contribution in [0.5, 0.6) is 0 Å². The Hall–Kier alpha value is -2.56. The number of esters is 3. The van der Waals surface area contributed by atoms with E-state index in [2.05, 4.69) is 6.92 Å². The predicted molar refractivity (Wildman–Crippen MR) is 146 cm³/mol. The molecule has 6 aliphatic rings. The van der Waals surface area contributed by atoms with Crippen LogP contribution in [0.1, 0.15) is 74.1 Å². The fraction of sp³-hybridized carbons (Fsp3) is 0.750. The van der Waals surface area contributed by atoms with E-state index in [9.17, 15) is 29.4 Å². The molecule has 230 valence electrons. The first-order valence-electron chi connectivity index (χ1n) is 15.0. The van der Waals surface area contributed by atoms with Crippen LogP contribution < -0.4 is 0 Å². The summed E-state index contributed by atoms with van der Waals surface area (Å²) in [5.41, 5.74) is -3.01. The number of epoxide rings is 1. The molecule has 10 nitrogen and oxygen atoms in total. The van der Waals surface area contributed by atoms with Crippen molar-refractivity contribution < 1.29 is 48.3 Å². The van der Waals surface area contributed by atoms with E-state index in [-0.39, 0.29) is 11.7 Å². The molecule has 1 saturated heterocycles. The molecule has 3 unspecified atom stereocenters. The lowest BCUT2D eigenvalue weighted by atomic mass is 9.43. The lowest BCUT2D eigenvalue weighted by Crippen LogP contribution is -2.68. The highest BCUT2D eigenvalue weighted by atomic mass is 16.7. The van der Waals surface area contributed by atoms with Crippen molar-refractivity contribution >= 4 is 23.7 Å². The molecule has 2 heterocycles. The summed E-state index contributed by atoms with van der Waals surface area (Å²) in [6, 6.07) is 0. The number of carbonyl (C=O) groups is 4. The van der Waals surface area contributed by atoms with E-state index in [0.29, 0.717) is 31.3 Å². The topological polar surface area (TPSA) is 149 Å². The number of ether oxygens (including phenoxy) is 4. The zero-order valence-electron chi connectivity index (χ0n) is 25.3. The minimum Gasteiger partial charge on any atom is -0.462 e. The maximum atomic E-state index is 13.7.